The molecule has 0 fully saturated rings. The van der Waals surface area contributed by atoms with Crippen molar-refractivity contribution < 1.29 is 4.79 Å². The van der Waals surface area contributed by atoms with Crippen LogP contribution in [0.4, 0.5) is 10.5 Å². The summed E-state index contributed by atoms with van der Waals surface area (Å²) in [5.41, 5.74) is 1.60. The summed E-state index contributed by atoms with van der Waals surface area (Å²) < 4.78 is 0. The minimum Gasteiger partial charge on any atom is -0.323 e. The minimum atomic E-state index is -0.224. The van der Waals surface area contributed by atoms with E-state index in [9.17, 15) is 4.79 Å². The lowest BCUT2D eigenvalue weighted by Crippen LogP contribution is -2.30. The SMILES string of the molecule is CN(Cc1ccccc1)C(=O)Nc1ccc(Cl)cc1Cl. The van der Waals surface area contributed by atoms with Crippen molar-refractivity contribution in [3.05, 3.63) is 64.1 Å². The monoisotopic (exact) mass is 308 g/mol. The molecule has 1 N–H and O–H groups in total. The van der Waals surface area contributed by atoms with Crippen molar-refractivity contribution in [1.82, 2.24) is 4.90 Å². The summed E-state index contributed by atoms with van der Waals surface area (Å²) >= 11 is 11.8. The normalized spacial score (nSPS) is 10.2. The molecule has 20 heavy (non-hydrogen) atoms. The summed E-state index contributed by atoms with van der Waals surface area (Å²) in [5, 5.41) is 3.70. The number of rotatable bonds is 3. The van der Waals surface area contributed by atoms with E-state index in [-0.39, 0.29) is 6.03 Å². The Morgan fingerprint density at radius 1 is 1.15 bits per heavy atom. The Kier molecular flexibility index (Phi) is 4.88. The molecule has 0 saturated carbocycles. The van der Waals surface area contributed by atoms with E-state index in [4.69, 9.17) is 23.2 Å². The highest BCUT2D eigenvalue weighted by molar-refractivity contribution is 6.36. The lowest BCUT2D eigenvalue weighted by atomic mass is 10.2. The van der Waals surface area contributed by atoms with Gasteiger partial charge in [0.2, 0.25) is 0 Å². The van der Waals surface area contributed by atoms with Crippen molar-refractivity contribution >= 4 is 34.9 Å². The van der Waals surface area contributed by atoms with Gasteiger partial charge < -0.3 is 10.2 Å². The van der Waals surface area contributed by atoms with Crippen LogP contribution in [0.5, 0.6) is 0 Å². The van der Waals surface area contributed by atoms with Crippen molar-refractivity contribution in [3.63, 3.8) is 0 Å². The Morgan fingerprint density at radius 2 is 1.85 bits per heavy atom. The maximum atomic E-state index is 12.1. The van der Waals surface area contributed by atoms with Crippen LogP contribution in [0.3, 0.4) is 0 Å². The van der Waals surface area contributed by atoms with Gasteiger partial charge in [0.15, 0.2) is 0 Å². The van der Waals surface area contributed by atoms with Gasteiger partial charge in [-0.1, -0.05) is 53.5 Å². The summed E-state index contributed by atoms with van der Waals surface area (Å²) in [6.45, 7) is 0.526. The summed E-state index contributed by atoms with van der Waals surface area (Å²) in [5.74, 6) is 0. The second-order valence-corrected chi connectivity index (χ2v) is 5.24. The van der Waals surface area contributed by atoms with Gasteiger partial charge in [0.1, 0.15) is 0 Å². The standard InChI is InChI=1S/C15H14Cl2N2O/c1-19(10-11-5-3-2-4-6-11)15(20)18-14-8-7-12(16)9-13(14)17/h2-9H,10H2,1H3,(H,18,20). The number of amides is 2. The quantitative estimate of drug-likeness (QED) is 0.879. The summed E-state index contributed by atoms with van der Waals surface area (Å²) in [4.78, 5) is 13.7. The van der Waals surface area contributed by atoms with E-state index >= 15 is 0 Å². The van der Waals surface area contributed by atoms with Crippen LogP contribution < -0.4 is 5.32 Å². The van der Waals surface area contributed by atoms with Crippen molar-refractivity contribution in [2.45, 2.75) is 6.54 Å². The van der Waals surface area contributed by atoms with Gasteiger partial charge in [0.25, 0.3) is 0 Å². The molecule has 0 aromatic heterocycles. The second-order valence-electron chi connectivity index (χ2n) is 4.40. The number of nitrogens with zero attached hydrogens (tertiary/aromatic N) is 1. The first kappa shape index (κ1) is 14.7. The van der Waals surface area contributed by atoms with E-state index in [0.29, 0.717) is 22.3 Å². The first-order chi connectivity index (χ1) is 9.56. The van der Waals surface area contributed by atoms with Gasteiger partial charge in [-0.3, -0.25) is 0 Å². The molecule has 0 aliphatic rings. The number of carbonyl (C=O) groups excluding carboxylic acids is 1. The Morgan fingerprint density at radius 3 is 2.50 bits per heavy atom. The highest BCUT2D eigenvalue weighted by atomic mass is 35.5. The first-order valence-electron chi connectivity index (χ1n) is 6.07. The molecule has 2 rings (SSSR count). The smallest absolute Gasteiger partial charge is 0.321 e. The fourth-order valence-electron chi connectivity index (χ4n) is 1.73. The van der Waals surface area contributed by atoms with Crippen LogP contribution in [-0.2, 0) is 6.54 Å². The molecule has 0 aliphatic carbocycles. The van der Waals surface area contributed by atoms with Crippen molar-refractivity contribution in [3.8, 4) is 0 Å². The van der Waals surface area contributed by atoms with E-state index in [1.54, 1.807) is 30.1 Å². The van der Waals surface area contributed by atoms with Crippen molar-refractivity contribution in [1.29, 1.82) is 0 Å². The molecular weight excluding hydrogens is 295 g/mol. The van der Waals surface area contributed by atoms with Crippen LogP contribution in [-0.4, -0.2) is 18.0 Å². The highest BCUT2D eigenvalue weighted by Gasteiger charge is 2.11. The molecule has 0 bridgehead atoms. The molecule has 5 heteroatoms. The molecule has 104 valence electrons. The number of hydrogen-bond acceptors (Lipinski definition) is 1. The molecule has 2 aromatic rings. The number of halogens is 2. The third kappa shape index (κ3) is 3.89. The van der Waals surface area contributed by atoms with Gasteiger partial charge in [-0.05, 0) is 23.8 Å². The zero-order valence-electron chi connectivity index (χ0n) is 10.9. The molecule has 0 aliphatic heterocycles. The molecule has 0 heterocycles. The zero-order chi connectivity index (χ0) is 14.5. The van der Waals surface area contributed by atoms with Crippen LogP contribution >= 0.6 is 23.2 Å². The predicted molar refractivity (Wildman–Crippen MR) is 83.4 cm³/mol. The number of urea groups is 1. The van der Waals surface area contributed by atoms with Crippen molar-refractivity contribution in [2.75, 3.05) is 12.4 Å². The number of benzene rings is 2. The largest absolute Gasteiger partial charge is 0.323 e. The molecular formula is C15H14Cl2N2O. The number of hydrogen-bond donors (Lipinski definition) is 1. The van der Waals surface area contributed by atoms with Crippen molar-refractivity contribution in [2.24, 2.45) is 0 Å². The van der Waals surface area contributed by atoms with Gasteiger partial charge in [-0.25, -0.2) is 4.79 Å². The first-order valence-corrected chi connectivity index (χ1v) is 6.83. The molecule has 0 saturated heterocycles. The van der Waals surface area contributed by atoms with Gasteiger partial charge in [-0.2, -0.15) is 0 Å². The van der Waals surface area contributed by atoms with E-state index < -0.39 is 0 Å². The van der Waals surface area contributed by atoms with Crippen LogP contribution in [0.1, 0.15) is 5.56 Å². The van der Waals surface area contributed by atoms with Crippen LogP contribution in [0.25, 0.3) is 0 Å². The van der Waals surface area contributed by atoms with E-state index in [2.05, 4.69) is 5.32 Å². The molecule has 3 nitrogen and oxygen atoms in total. The van der Waals surface area contributed by atoms with Crippen LogP contribution in [0.2, 0.25) is 10.0 Å². The Bertz CT molecular complexity index is 602. The lowest BCUT2D eigenvalue weighted by molar-refractivity contribution is 0.220. The van der Waals surface area contributed by atoms with Crippen LogP contribution in [0, 0.1) is 0 Å². The van der Waals surface area contributed by atoms with Gasteiger partial charge >= 0.3 is 6.03 Å². The second kappa shape index (κ2) is 6.64. The zero-order valence-corrected chi connectivity index (χ0v) is 12.4. The summed E-state index contributed by atoms with van der Waals surface area (Å²) in [6, 6.07) is 14.5. The summed E-state index contributed by atoms with van der Waals surface area (Å²) in [6.07, 6.45) is 0. The predicted octanol–water partition coefficient (Wildman–Crippen LogP) is 4.66. The molecule has 2 aromatic carbocycles. The average molecular weight is 309 g/mol. The molecule has 0 radical (unpaired) electrons. The Labute approximate surface area is 128 Å². The number of anilines is 1. The highest BCUT2D eigenvalue weighted by Crippen LogP contribution is 2.25. The average Bonchev–Trinajstić information content (AvgIpc) is 2.43. The molecule has 2 amide bonds. The van der Waals surface area contributed by atoms with E-state index in [1.165, 1.54) is 0 Å². The fraction of sp³-hybridized carbons (Fsp3) is 0.133. The van der Waals surface area contributed by atoms with E-state index in [1.807, 2.05) is 30.3 Å². The maximum absolute atomic E-state index is 12.1. The topological polar surface area (TPSA) is 32.3 Å². The molecule has 0 atom stereocenters. The maximum Gasteiger partial charge on any atom is 0.321 e. The van der Waals surface area contributed by atoms with Gasteiger partial charge in [-0.15, -0.1) is 0 Å². The summed E-state index contributed by atoms with van der Waals surface area (Å²) in [7, 11) is 1.73. The molecule has 0 unspecified atom stereocenters. The fourth-order valence-corrected chi connectivity index (χ4v) is 2.19. The van der Waals surface area contributed by atoms with E-state index in [0.717, 1.165) is 5.56 Å². The Hall–Kier alpha value is -1.71. The minimum absolute atomic E-state index is 0.224. The lowest BCUT2D eigenvalue weighted by Gasteiger charge is -2.18. The van der Waals surface area contributed by atoms with Crippen LogP contribution in [0.15, 0.2) is 48.5 Å². The molecule has 0 spiro atoms. The number of carbonyl (C=O) groups is 1. The Balaban J connectivity index is 2.01. The van der Waals surface area contributed by atoms with Gasteiger partial charge in [0, 0.05) is 18.6 Å². The third-order valence-corrected chi connectivity index (χ3v) is 3.33. The van der Waals surface area contributed by atoms with Gasteiger partial charge in [0.05, 0.1) is 10.7 Å². The third-order valence-electron chi connectivity index (χ3n) is 2.78. The number of nitrogens with one attached hydrogen (secondary N) is 1.